The fraction of sp³-hybridized carbons (Fsp3) is 0.556. The first-order chi connectivity index (χ1) is 7.48. The van der Waals surface area contributed by atoms with E-state index in [1.165, 1.54) is 0 Å². The topological polar surface area (TPSA) is 149 Å². The molecule has 8 nitrogen and oxygen atoms in total. The van der Waals surface area contributed by atoms with Crippen LogP contribution in [0.1, 0.15) is 20.3 Å². The van der Waals surface area contributed by atoms with E-state index in [4.69, 9.17) is 20.4 Å². The maximum atomic E-state index is 10.8. The van der Waals surface area contributed by atoms with Gasteiger partial charge in [-0.2, -0.15) is 0 Å². The van der Waals surface area contributed by atoms with Crippen LogP contribution in [0.4, 0.5) is 0 Å². The Morgan fingerprint density at radius 3 is 1.00 bits per heavy atom. The molecule has 0 fully saturated rings. The van der Waals surface area contributed by atoms with Gasteiger partial charge < -0.3 is 20.4 Å². The Labute approximate surface area is 95.5 Å². The van der Waals surface area contributed by atoms with Crippen molar-refractivity contribution < 1.29 is 39.6 Å². The molecular formula is C9H12O8. The Bertz CT molecular complexity index is 318. The average Bonchev–Trinajstić information content (AvgIpc) is 2.15. The molecule has 0 saturated heterocycles. The molecule has 8 heteroatoms. The van der Waals surface area contributed by atoms with Gasteiger partial charge in [-0.25, -0.2) is 0 Å². The van der Waals surface area contributed by atoms with Gasteiger partial charge in [-0.05, 0) is 13.8 Å². The van der Waals surface area contributed by atoms with Crippen LogP contribution in [-0.2, 0) is 19.2 Å². The molecule has 0 aliphatic rings. The molecule has 0 spiro atoms. The Morgan fingerprint density at radius 1 is 0.706 bits per heavy atom. The third-order valence-corrected chi connectivity index (χ3v) is 2.60. The molecular weight excluding hydrogens is 236 g/mol. The lowest BCUT2D eigenvalue weighted by Gasteiger charge is -2.28. The van der Waals surface area contributed by atoms with Crippen LogP contribution in [0.3, 0.4) is 0 Å². The predicted molar refractivity (Wildman–Crippen MR) is 51.4 cm³/mol. The van der Waals surface area contributed by atoms with E-state index in [1.807, 2.05) is 0 Å². The molecule has 4 N–H and O–H groups in total. The number of carboxylic acid groups (broad SMARTS) is 4. The van der Waals surface area contributed by atoms with Crippen LogP contribution in [0.5, 0.6) is 0 Å². The minimum Gasteiger partial charge on any atom is -0.480 e. The Balaban J connectivity index is 5.53. The molecule has 0 unspecified atom stereocenters. The van der Waals surface area contributed by atoms with Crippen LogP contribution < -0.4 is 0 Å². The van der Waals surface area contributed by atoms with Crippen LogP contribution in [0.2, 0.25) is 0 Å². The zero-order valence-corrected chi connectivity index (χ0v) is 9.13. The van der Waals surface area contributed by atoms with Crippen molar-refractivity contribution >= 4 is 23.9 Å². The zero-order valence-electron chi connectivity index (χ0n) is 9.13. The third kappa shape index (κ3) is 2.52. The monoisotopic (exact) mass is 248 g/mol. The largest absolute Gasteiger partial charge is 0.480 e. The molecule has 0 aliphatic heterocycles. The lowest BCUT2D eigenvalue weighted by atomic mass is 9.73. The fourth-order valence-electron chi connectivity index (χ4n) is 1.19. The van der Waals surface area contributed by atoms with Gasteiger partial charge in [0.05, 0.1) is 0 Å². The lowest BCUT2D eigenvalue weighted by molar-refractivity contribution is -0.173. The third-order valence-electron chi connectivity index (χ3n) is 2.60. The number of rotatable bonds is 6. The van der Waals surface area contributed by atoms with Crippen LogP contribution in [0.25, 0.3) is 0 Å². The van der Waals surface area contributed by atoms with Gasteiger partial charge in [-0.15, -0.1) is 0 Å². The first-order valence-corrected chi connectivity index (χ1v) is 4.42. The molecule has 0 aliphatic carbocycles. The quantitative estimate of drug-likeness (QED) is 0.469. The highest BCUT2D eigenvalue weighted by molar-refractivity contribution is 6.02. The number of carboxylic acids is 4. The van der Waals surface area contributed by atoms with Crippen LogP contribution in [-0.4, -0.2) is 44.3 Å². The van der Waals surface area contributed by atoms with Gasteiger partial charge in [0.15, 0.2) is 10.8 Å². The first-order valence-electron chi connectivity index (χ1n) is 4.42. The van der Waals surface area contributed by atoms with E-state index in [9.17, 15) is 19.2 Å². The van der Waals surface area contributed by atoms with Crippen LogP contribution in [0, 0.1) is 10.8 Å². The second-order valence-corrected chi connectivity index (χ2v) is 4.06. The molecule has 0 rings (SSSR count). The normalized spacial score (nSPS) is 11.9. The zero-order chi connectivity index (χ0) is 14.0. The molecule has 0 aromatic rings. The van der Waals surface area contributed by atoms with E-state index in [0.29, 0.717) is 0 Å². The number of hydrogen-bond acceptors (Lipinski definition) is 4. The second-order valence-electron chi connectivity index (χ2n) is 4.06. The van der Waals surface area contributed by atoms with Gasteiger partial charge in [0.25, 0.3) is 0 Å². The number of aliphatic carboxylic acids is 4. The molecule has 0 aromatic carbocycles. The van der Waals surface area contributed by atoms with Gasteiger partial charge in [0.2, 0.25) is 0 Å². The minimum absolute atomic E-state index is 0.766. The van der Waals surface area contributed by atoms with Crippen LogP contribution in [0.15, 0.2) is 0 Å². The Kier molecular flexibility index (Phi) is 3.85. The Morgan fingerprint density at radius 2 is 0.882 bits per heavy atom. The lowest BCUT2D eigenvalue weighted by Crippen LogP contribution is -2.47. The van der Waals surface area contributed by atoms with E-state index in [0.717, 1.165) is 13.8 Å². The van der Waals surface area contributed by atoms with Gasteiger partial charge in [0.1, 0.15) is 0 Å². The molecule has 96 valence electrons. The van der Waals surface area contributed by atoms with Gasteiger partial charge >= 0.3 is 23.9 Å². The summed E-state index contributed by atoms with van der Waals surface area (Å²) in [6.45, 7) is 1.53. The second kappa shape index (κ2) is 4.40. The standard InChI is InChI=1S/C9H12O8/c1-8(4(10)11,5(12)13)3-9(2,6(14)15)7(16)17/h3H2,1-2H3,(H,10,11)(H,12,13)(H,14,15)(H,16,17). The van der Waals surface area contributed by atoms with E-state index >= 15 is 0 Å². The summed E-state index contributed by atoms with van der Waals surface area (Å²) >= 11 is 0. The van der Waals surface area contributed by atoms with Crippen molar-refractivity contribution in [3.05, 3.63) is 0 Å². The number of carbonyl (C=O) groups is 4. The van der Waals surface area contributed by atoms with Gasteiger partial charge in [-0.3, -0.25) is 19.2 Å². The Hall–Kier alpha value is -2.12. The van der Waals surface area contributed by atoms with Crippen molar-refractivity contribution in [2.75, 3.05) is 0 Å². The van der Waals surface area contributed by atoms with Gasteiger partial charge in [-0.1, -0.05) is 0 Å². The van der Waals surface area contributed by atoms with Crippen molar-refractivity contribution in [1.82, 2.24) is 0 Å². The molecule has 0 radical (unpaired) electrons. The summed E-state index contributed by atoms with van der Waals surface area (Å²) in [5.41, 5.74) is -4.96. The maximum Gasteiger partial charge on any atom is 0.320 e. The molecule has 0 aromatic heterocycles. The highest BCUT2D eigenvalue weighted by atomic mass is 16.4. The summed E-state index contributed by atoms with van der Waals surface area (Å²) < 4.78 is 0. The summed E-state index contributed by atoms with van der Waals surface area (Å²) in [6, 6.07) is 0. The molecule has 0 heterocycles. The highest BCUT2D eigenvalue weighted by Gasteiger charge is 2.53. The van der Waals surface area contributed by atoms with Crippen molar-refractivity contribution in [2.24, 2.45) is 10.8 Å². The maximum absolute atomic E-state index is 10.8. The highest BCUT2D eigenvalue weighted by Crippen LogP contribution is 2.35. The first kappa shape index (κ1) is 14.9. The van der Waals surface area contributed by atoms with E-state index in [1.54, 1.807) is 0 Å². The summed E-state index contributed by atoms with van der Waals surface area (Å²) in [7, 11) is 0. The predicted octanol–water partition coefficient (Wildman–Crippen LogP) is -0.273. The van der Waals surface area contributed by atoms with E-state index in [-0.39, 0.29) is 0 Å². The molecule has 0 saturated carbocycles. The summed E-state index contributed by atoms with van der Waals surface area (Å²) in [4.78, 5) is 43.3. The van der Waals surface area contributed by atoms with Crippen molar-refractivity contribution in [3.63, 3.8) is 0 Å². The van der Waals surface area contributed by atoms with Crippen molar-refractivity contribution in [3.8, 4) is 0 Å². The van der Waals surface area contributed by atoms with E-state index in [2.05, 4.69) is 0 Å². The van der Waals surface area contributed by atoms with Gasteiger partial charge in [0, 0.05) is 6.42 Å². The minimum atomic E-state index is -2.48. The molecule has 0 bridgehead atoms. The number of hydrogen-bond donors (Lipinski definition) is 4. The smallest absolute Gasteiger partial charge is 0.320 e. The van der Waals surface area contributed by atoms with Crippen molar-refractivity contribution in [2.45, 2.75) is 20.3 Å². The molecule has 17 heavy (non-hydrogen) atoms. The fourth-order valence-corrected chi connectivity index (χ4v) is 1.19. The van der Waals surface area contributed by atoms with Crippen LogP contribution >= 0.6 is 0 Å². The summed E-state index contributed by atoms with van der Waals surface area (Å²) in [5.74, 6) is -7.17. The summed E-state index contributed by atoms with van der Waals surface area (Å²) in [5, 5.41) is 35.1. The molecule has 0 amide bonds. The average molecular weight is 248 g/mol. The SMILES string of the molecule is CC(CC(C)(C(=O)O)C(=O)O)(C(=O)O)C(=O)O. The molecule has 0 atom stereocenters. The van der Waals surface area contributed by atoms with E-state index < -0.39 is 41.1 Å². The van der Waals surface area contributed by atoms with Crippen molar-refractivity contribution in [1.29, 1.82) is 0 Å². The summed E-state index contributed by atoms with van der Waals surface area (Å²) in [6.07, 6.45) is -1.06.